The summed E-state index contributed by atoms with van der Waals surface area (Å²) in [6.07, 6.45) is 2.61. The second-order valence-electron chi connectivity index (χ2n) is 7.34. The Balaban J connectivity index is 1.79. The molecule has 7 nitrogen and oxygen atoms in total. The molecular weight excluding hydrogens is 340 g/mol. The first kappa shape index (κ1) is 18.1. The first-order chi connectivity index (χ1) is 11.7. The zero-order valence-electron chi connectivity index (χ0n) is 15.1. The molecule has 0 aromatic carbocycles. The second-order valence-corrected chi connectivity index (χ2v) is 9.57. The third-order valence-corrected chi connectivity index (χ3v) is 6.95. The Labute approximate surface area is 149 Å². The molecule has 2 fully saturated rings. The van der Waals surface area contributed by atoms with E-state index in [4.69, 9.17) is 0 Å². The van der Waals surface area contributed by atoms with Gasteiger partial charge in [-0.1, -0.05) is 6.92 Å². The van der Waals surface area contributed by atoms with Gasteiger partial charge in [0.2, 0.25) is 5.95 Å². The van der Waals surface area contributed by atoms with Gasteiger partial charge in [-0.05, 0) is 38.2 Å². The van der Waals surface area contributed by atoms with Crippen LogP contribution in [0.4, 0.5) is 5.95 Å². The highest BCUT2D eigenvalue weighted by Gasteiger charge is 2.32. The van der Waals surface area contributed by atoms with Crippen molar-refractivity contribution >= 4 is 21.7 Å². The molecule has 0 aliphatic carbocycles. The van der Waals surface area contributed by atoms with E-state index in [2.05, 4.69) is 16.9 Å². The molecule has 0 saturated carbocycles. The van der Waals surface area contributed by atoms with E-state index in [1.807, 2.05) is 11.8 Å². The number of hydrogen-bond donors (Lipinski definition) is 0. The maximum atomic E-state index is 12.8. The molecule has 8 heteroatoms. The SMILES string of the molecule is Cc1cc(C(=O)N2CCC(C)CC2)nc(N(C)C2CCS(=O)(=O)C2)n1. The van der Waals surface area contributed by atoms with E-state index in [1.165, 1.54) is 0 Å². The molecule has 25 heavy (non-hydrogen) atoms. The average molecular weight is 366 g/mol. The monoisotopic (exact) mass is 366 g/mol. The lowest BCUT2D eigenvalue weighted by molar-refractivity contribution is 0.0691. The van der Waals surface area contributed by atoms with Crippen molar-refractivity contribution in [1.29, 1.82) is 0 Å². The van der Waals surface area contributed by atoms with E-state index in [1.54, 1.807) is 18.0 Å². The van der Waals surface area contributed by atoms with Crippen molar-refractivity contribution in [2.75, 3.05) is 36.5 Å². The number of piperidine rings is 1. The van der Waals surface area contributed by atoms with Crippen LogP contribution in [0, 0.1) is 12.8 Å². The fourth-order valence-electron chi connectivity index (χ4n) is 3.44. The fraction of sp³-hybridized carbons (Fsp3) is 0.706. The predicted octanol–water partition coefficient (Wildman–Crippen LogP) is 1.28. The lowest BCUT2D eigenvalue weighted by Gasteiger charge is -2.30. The van der Waals surface area contributed by atoms with Gasteiger partial charge >= 0.3 is 0 Å². The number of nitrogens with zero attached hydrogens (tertiary/aromatic N) is 4. The van der Waals surface area contributed by atoms with Gasteiger partial charge in [0.1, 0.15) is 5.69 Å². The molecule has 138 valence electrons. The Morgan fingerprint density at radius 3 is 2.52 bits per heavy atom. The Hall–Kier alpha value is -1.70. The summed E-state index contributed by atoms with van der Waals surface area (Å²) in [5.74, 6) is 1.34. The first-order valence-corrected chi connectivity index (χ1v) is 10.7. The molecule has 0 spiro atoms. The Morgan fingerprint density at radius 2 is 1.92 bits per heavy atom. The zero-order chi connectivity index (χ0) is 18.2. The molecule has 0 bridgehead atoms. The van der Waals surface area contributed by atoms with Crippen LogP contribution in [-0.4, -0.2) is 66.9 Å². The number of amides is 1. The molecule has 1 aromatic rings. The molecule has 2 aliphatic rings. The van der Waals surface area contributed by atoms with E-state index in [9.17, 15) is 13.2 Å². The fourth-order valence-corrected chi connectivity index (χ4v) is 5.21. The largest absolute Gasteiger partial charge is 0.340 e. The molecule has 3 heterocycles. The highest BCUT2D eigenvalue weighted by atomic mass is 32.2. The summed E-state index contributed by atoms with van der Waals surface area (Å²) in [4.78, 5) is 25.3. The number of hydrogen-bond acceptors (Lipinski definition) is 6. The van der Waals surface area contributed by atoms with Gasteiger partial charge in [0.25, 0.3) is 5.91 Å². The van der Waals surface area contributed by atoms with Gasteiger partial charge in [0.05, 0.1) is 11.5 Å². The summed E-state index contributed by atoms with van der Waals surface area (Å²) >= 11 is 0. The highest BCUT2D eigenvalue weighted by molar-refractivity contribution is 7.91. The Morgan fingerprint density at radius 1 is 1.24 bits per heavy atom. The quantitative estimate of drug-likeness (QED) is 0.801. The number of anilines is 1. The van der Waals surface area contributed by atoms with E-state index in [0.29, 0.717) is 29.7 Å². The molecule has 0 N–H and O–H groups in total. The molecule has 2 aliphatic heterocycles. The summed E-state index contributed by atoms with van der Waals surface area (Å²) in [5, 5.41) is 0. The smallest absolute Gasteiger partial charge is 0.272 e. The van der Waals surface area contributed by atoms with Gasteiger partial charge in [-0.3, -0.25) is 4.79 Å². The van der Waals surface area contributed by atoms with Crippen LogP contribution >= 0.6 is 0 Å². The Bertz CT molecular complexity index is 757. The van der Waals surface area contributed by atoms with Gasteiger partial charge in [0, 0.05) is 31.9 Å². The first-order valence-electron chi connectivity index (χ1n) is 8.83. The molecule has 1 unspecified atom stereocenters. The molecule has 0 radical (unpaired) electrons. The van der Waals surface area contributed by atoms with Crippen molar-refractivity contribution in [2.24, 2.45) is 5.92 Å². The summed E-state index contributed by atoms with van der Waals surface area (Å²) < 4.78 is 23.4. The van der Waals surface area contributed by atoms with Gasteiger partial charge in [-0.25, -0.2) is 18.4 Å². The van der Waals surface area contributed by atoms with Crippen molar-refractivity contribution in [1.82, 2.24) is 14.9 Å². The average Bonchev–Trinajstić information content (AvgIpc) is 2.93. The minimum absolute atomic E-state index is 0.0638. The van der Waals surface area contributed by atoms with Crippen LogP contribution in [0.25, 0.3) is 0 Å². The van der Waals surface area contributed by atoms with Crippen LogP contribution in [0.1, 0.15) is 42.4 Å². The maximum Gasteiger partial charge on any atom is 0.272 e. The molecule has 3 rings (SSSR count). The summed E-state index contributed by atoms with van der Waals surface area (Å²) in [7, 11) is -1.18. The second kappa shape index (κ2) is 6.90. The van der Waals surface area contributed by atoms with Crippen LogP contribution in [0.2, 0.25) is 0 Å². The van der Waals surface area contributed by atoms with E-state index >= 15 is 0 Å². The molecule has 2 saturated heterocycles. The standard InChI is InChI=1S/C17H26N4O3S/c1-12-4-7-21(8-5-12)16(22)15-10-13(2)18-17(19-15)20(3)14-6-9-25(23,24)11-14/h10,12,14H,4-9,11H2,1-3H3. The maximum absolute atomic E-state index is 12.8. The van der Waals surface area contributed by atoms with Crippen molar-refractivity contribution in [3.05, 3.63) is 17.5 Å². The number of carbonyl (C=O) groups is 1. The van der Waals surface area contributed by atoms with Crippen LogP contribution in [0.3, 0.4) is 0 Å². The number of sulfone groups is 1. The minimum atomic E-state index is -2.98. The number of rotatable bonds is 3. The van der Waals surface area contributed by atoms with Crippen molar-refractivity contribution in [2.45, 2.75) is 39.2 Å². The molecule has 1 atom stereocenters. The third-order valence-electron chi connectivity index (χ3n) is 5.20. The van der Waals surface area contributed by atoms with Crippen molar-refractivity contribution in [3.63, 3.8) is 0 Å². The van der Waals surface area contributed by atoms with Gasteiger partial charge in [0.15, 0.2) is 9.84 Å². The van der Waals surface area contributed by atoms with E-state index in [-0.39, 0.29) is 23.5 Å². The number of aromatic nitrogens is 2. The van der Waals surface area contributed by atoms with Gasteiger partial charge in [-0.15, -0.1) is 0 Å². The topological polar surface area (TPSA) is 83.5 Å². The number of aryl methyl sites for hydroxylation is 1. The minimum Gasteiger partial charge on any atom is -0.340 e. The zero-order valence-corrected chi connectivity index (χ0v) is 15.9. The summed E-state index contributed by atoms with van der Waals surface area (Å²) in [6.45, 7) is 5.56. The number of likely N-dealkylation sites (tertiary alicyclic amines) is 1. The van der Waals surface area contributed by atoms with Crippen LogP contribution in [0.5, 0.6) is 0 Å². The normalized spacial score (nSPS) is 23.6. The van der Waals surface area contributed by atoms with E-state index < -0.39 is 9.84 Å². The highest BCUT2D eigenvalue weighted by Crippen LogP contribution is 2.22. The summed E-state index contributed by atoms with van der Waals surface area (Å²) in [5.41, 5.74) is 1.11. The lowest BCUT2D eigenvalue weighted by Crippen LogP contribution is -2.39. The molecular formula is C17H26N4O3S. The van der Waals surface area contributed by atoms with Crippen LogP contribution < -0.4 is 4.90 Å². The van der Waals surface area contributed by atoms with Gasteiger partial charge < -0.3 is 9.80 Å². The number of carbonyl (C=O) groups excluding carboxylic acids is 1. The van der Waals surface area contributed by atoms with Gasteiger partial charge in [-0.2, -0.15) is 0 Å². The summed E-state index contributed by atoms with van der Waals surface area (Å²) in [6, 6.07) is 1.58. The molecule has 1 aromatic heterocycles. The lowest BCUT2D eigenvalue weighted by atomic mass is 9.99. The third kappa shape index (κ3) is 4.11. The van der Waals surface area contributed by atoms with Crippen molar-refractivity contribution in [3.8, 4) is 0 Å². The molecule has 1 amide bonds. The van der Waals surface area contributed by atoms with E-state index in [0.717, 1.165) is 25.9 Å². The van der Waals surface area contributed by atoms with Crippen molar-refractivity contribution < 1.29 is 13.2 Å². The Kier molecular flexibility index (Phi) is 4.99. The van der Waals surface area contributed by atoms with Crippen LogP contribution in [0.15, 0.2) is 6.07 Å². The van der Waals surface area contributed by atoms with Crippen LogP contribution in [-0.2, 0) is 9.84 Å². The predicted molar refractivity (Wildman–Crippen MR) is 96.5 cm³/mol.